The zero-order valence-corrected chi connectivity index (χ0v) is 13.1. The van der Waals surface area contributed by atoms with E-state index in [1.807, 2.05) is 0 Å². The smallest absolute Gasteiger partial charge is 0.0449 e. The maximum absolute atomic E-state index is 3.72. The Morgan fingerprint density at radius 1 is 1.20 bits per heavy atom. The van der Waals surface area contributed by atoms with Crippen molar-refractivity contribution in [3.8, 4) is 0 Å². The maximum Gasteiger partial charge on any atom is 0.0449 e. The molecule has 20 heavy (non-hydrogen) atoms. The summed E-state index contributed by atoms with van der Waals surface area (Å²) in [6.45, 7) is 9.21. The van der Waals surface area contributed by atoms with Crippen LogP contribution in [0.25, 0.3) is 0 Å². The molecular formula is C18H30N2. The minimum atomic E-state index is 0.469. The summed E-state index contributed by atoms with van der Waals surface area (Å²) in [4.78, 5) is 2.63. The monoisotopic (exact) mass is 274 g/mol. The van der Waals surface area contributed by atoms with Crippen molar-refractivity contribution in [1.82, 2.24) is 10.2 Å². The van der Waals surface area contributed by atoms with Gasteiger partial charge in [0, 0.05) is 19.1 Å². The largest absolute Gasteiger partial charge is 0.309 e. The second-order valence-corrected chi connectivity index (χ2v) is 6.07. The van der Waals surface area contributed by atoms with Crippen molar-refractivity contribution in [1.29, 1.82) is 0 Å². The van der Waals surface area contributed by atoms with Crippen molar-refractivity contribution in [3.05, 3.63) is 35.9 Å². The first-order valence-electron chi connectivity index (χ1n) is 8.34. The van der Waals surface area contributed by atoms with E-state index in [0.29, 0.717) is 6.04 Å². The predicted molar refractivity (Wildman–Crippen MR) is 86.9 cm³/mol. The molecule has 1 aromatic rings. The van der Waals surface area contributed by atoms with Crippen LogP contribution in [0.4, 0.5) is 0 Å². The highest BCUT2D eigenvalue weighted by molar-refractivity contribution is 5.19. The van der Waals surface area contributed by atoms with Gasteiger partial charge >= 0.3 is 0 Å². The second-order valence-electron chi connectivity index (χ2n) is 6.07. The molecule has 1 N–H and O–H groups in total. The Bertz CT molecular complexity index is 359. The van der Waals surface area contributed by atoms with Crippen LogP contribution in [-0.4, -0.2) is 31.1 Å². The van der Waals surface area contributed by atoms with Crippen molar-refractivity contribution < 1.29 is 0 Å². The van der Waals surface area contributed by atoms with Crippen LogP contribution >= 0.6 is 0 Å². The number of hydrogen-bond acceptors (Lipinski definition) is 2. The normalized spacial score (nSPS) is 17.1. The predicted octanol–water partition coefficient (Wildman–Crippen LogP) is 3.85. The quantitative estimate of drug-likeness (QED) is 0.736. The molecule has 1 unspecified atom stereocenters. The molecule has 1 aromatic carbocycles. The third-order valence-corrected chi connectivity index (χ3v) is 4.47. The summed E-state index contributed by atoms with van der Waals surface area (Å²) in [5.41, 5.74) is 1.42. The van der Waals surface area contributed by atoms with Gasteiger partial charge in [-0.3, -0.25) is 0 Å². The lowest BCUT2D eigenvalue weighted by Crippen LogP contribution is -2.39. The lowest BCUT2D eigenvalue weighted by Gasteiger charge is -2.34. The van der Waals surface area contributed by atoms with Gasteiger partial charge in [-0.25, -0.2) is 0 Å². The molecule has 0 aromatic heterocycles. The summed E-state index contributed by atoms with van der Waals surface area (Å²) < 4.78 is 0. The summed E-state index contributed by atoms with van der Waals surface area (Å²) in [5, 5.41) is 3.72. The Balaban J connectivity index is 1.94. The van der Waals surface area contributed by atoms with E-state index in [-0.39, 0.29) is 0 Å². The van der Waals surface area contributed by atoms with E-state index in [4.69, 9.17) is 0 Å². The van der Waals surface area contributed by atoms with Gasteiger partial charge in [0.05, 0.1) is 0 Å². The summed E-state index contributed by atoms with van der Waals surface area (Å²) in [7, 11) is 0. The Kier molecular flexibility index (Phi) is 6.55. The molecule has 112 valence electrons. The van der Waals surface area contributed by atoms with Crippen molar-refractivity contribution in [2.75, 3.05) is 26.2 Å². The van der Waals surface area contributed by atoms with Gasteiger partial charge in [0.2, 0.25) is 0 Å². The van der Waals surface area contributed by atoms with Crippen molar-refractivity contribution >= 4 is 0 Å². The Morgan fingerprint density at radius 2 is 1.95 bits per heavy atom. The van der Waals surface area contributed by atoms with Crippen LogP contribution in [0.2, 0.25) is 0 Å². The Labute approximate surface area is 124 Å². The SMILES string of the molecule is CCCNC(CN(CC)CC1CCC1)c1ccccc1. The van der Waals surface area contributed by atoms with E-state index in [1.165, 1.54) is 37.8 Å². The third-order valence-electron chi connectivity index (χ3n) is 4.47. The van der Waals surface area contributed by atoms with E-state index < -0.39 is 0 Å². The molecule has 0 saturated heterocycles. The van der Waals surface area contributed by atoms with E-state index in [0.717, 1.165) is 25.6 Å². The van der Waals surface area contributed by atoms with Crippen LogP contribution in [0.3, 0.4) is 0 Å². The molecule has 1 aliphatic rings. The third kappa shape index (κ3) is 4.60. The molecular weight excluding hydrogens is 244 g/mol. The average Bonchev–Trinajstić information content (AvgIpc) is 2.45. The molecule has 0 bridgehead atoms. The standard InChI is InChI=1S/C18H30N2/c1-3-13-19-18(17-11-6-5-7-12-17)15-20(4-2)14-16-9-8-10-16/h5-7,11-12,16,18-19H,3-4,8-10,13-15H2,1-2H3. The zero-order chi connectivity index (χ0) is 14.2. The molecule has 1 atom stereocenters. The fourth-order valence-corrected chi connectivity index (χ4v) is 2.92. The second kappa shape index (κ2) is 8.43. The summed E-state index contributed by atoms with van der Waals surface area (Å²) in [5.74, 6) is 0.956. The van der Waals surface area contributed by atoms with E-state index in [1.54, 1.807) is 0 Å². The van der Waals surface area contributed by atoms with Crippen molar-refractivity contribution in [3.63, 3.8) is 0 Å². The van der Waals surface area contributed by atoms with Gasteiger partial charge in [-0.2, -0.15) is 0 Å². The molecule has 0 aliphatic heterocycles. The van der Waals surface area contributed by atoms with Gasteiger partial charge < -0.3 is 10.2 Å². The van der Waals surface area contributed by atoms with Crippen molar-refractivity contribution in [2.24, 2.45) is 5.92 Å². The maximum atomic E-state index is 3.72. The van der Waals surface area contributed by atoms with Crippen LogP contribution in [-0.2, 0) is 0 Å². The van der Waals surface area contributed by atoms with Gasteiger partial charge in [-0.05, 0) is 43.8 Å². The lowest BCUT2D eigenvalue weighted by molar-refractivity contribution is 0.170. The summed E-state index contributed by atoms with van der Waals surface area (Å²) in [6.07, 6.45) is 5.51. The van der Waals surface area contributed by atoms with Gasteiger partial charge in [-0.15, -0.1) is 0 Å². The van der Waals surface area contributed by atoms with Gasteiger partial charge in [0.25, 0.3) is 0 Å². The van der Waals surface area contributed by atoms with Gasteiger partial charge in [0.15, 0.2) is 0 Å². The molecule has 0 amide bonds. The Hall–Kier alpha value is -0.860. The fourth-order valence-electron chi connectivity index (χ4n) is 2.92. The molecule has 0 spiro atoms. The molecule has 0 radical (unpaired) electrons. The highest BCUT2D eigenvalue weighted by Crippen LogP contribution is 2.27. The number of nitrogens with zero attached hydrogens (tertiary/aromatic N) is 1. The zero-order valence-electron chi connectivity index (χ0n) is 13.1. The molecule has 1 aliphatic carbocycles. The minimum absolute atomic E-state index is 0.469. The Morgan fingerprint density at radius 3 is 2.50 bits per heavy atom. The molecule has 2 rings (SSSR count). The molecule has 1 saturated carbocycles. The fraction of sp³-hybridized carbons (Fsp3) is 0.667. The molecule has 0 heterocycles. The lowest BCUT2D eigenvalue weighted by atomic mass is 9.85. The van der Waals surface area contributed by atoms with Gasteiger partial charge in [0.1, 0.15) is 0 Å². The number of benzene rings is 1. The van der Waals surface area contributed by atoms with E-state index in [2.05, 4.69) is 54.4 Å². The number of hydrogen-bond donors (Lipinski definition) is 1. The highest BCUT2D eigenvalue weighted by Gasteiger charge is 2.22. The number of likely N-dealkylation sites (N-methyl/N-ethyl adjacent to an activating group) is 1. The molecule has 2 heteroatoms. The average molecular weight is 274 g/mol. The van der Waals surface area contributed by atoms with Crippen molar-refractivity contribution in [2.45, 2.75) is 45.6 Å². The minimum Gasteiger partial charge on any atom is -0.309 e. The molecule has 1 fully saturated rings. The first-order valence-corrected chi connectivity index (χ1v) is 8.34. The first-order chi connectivity index (χ1) is 9.83. The van der Waals surface area contributed by atoms with Crippen LogP contribution < -0.4 is 5.32 Å². The van der Waals surface area contributed by atoms with E-state index >= 15 is 0 Å². The van der Waals surface area contributed by atoms with Gasteiger partial charge in [-0.1, -0.05) is 50.6 Å². The van der Waals surface area contributed by atoms with Crippen LogP contribution in [0.15, 0.2) is 30.3 Å². The number of rotatable bonds is 9. The highest BCUT2D eigenvalue weighted by atomic mass is 15.1. The first kappa shape index (κ1) is 15.5. The van der Waals surface area contributed by atoms with Crippen LogP contribution in [0.1, 0.15) is 51.1 Å². The molecule has 2 nitrogen and oxygen atoms in total. The number of nitrogens with one attached hydrogen (secondary N) is 1. The topological polar surface area (TPSA) is 15.3 Å². The van der Waals surface area contributed by atoms with Crippen LogP contribution in [0.5, 0.6) is 0 Å². The van der Waals surface area contributed by atoms with E-state index in [9.17, 15) is 0 Å². The summed E-state index contributed by atoms with van der Waals surface area (Å²) >= 11 is 0. The van der Waals surface area contributed by atoms with Crippen LogP contribution in [0, 0.1) is 5.92 Å². The summed E-state index contributed by atoms with van der Waals surface area (Å²) in [6, 6.07) is 11.4.